The third-order valence-corrected chi connectivity index (χ3v) is 2.87. The van der Waals surface area contributed by atoms with Crippen LogP contribution in [0.4, 0.5) is 10.1 Å². The van der Waals surface area contributed by atoms with Crippen molar-refractivity contribution in [1.29, 1.82) is 0 Å². The van der Waals surface area contributed by atoms with E-state index >= 15 is 0 Å². The zero-order valence-corrected chi connectivity index (χ0v) is 9.87. The lowest BCUT2D eigenvalue weighted by atomic mass is 10.0. The summed E-state index contributed by atoms with van der Waals surface area (Å²) >= 11 is 0. The Morgan fingerprint density at radius 2 is 1.94 bits per heavy atom. The van der Waals surface area contributed by atoms with Crippen molar-refractivity contribution in [3.8, 4) is 0 Å². The number of hydrogen-bond donors (Lipinski definition) is 2. The smallest absolute Gasteiger partial charge is 0.123 e. The van der Waals surface area contributed by atoms with Crippen molar-refractivity contribution in [3.63, 3.8) is 0 Å². The quantitative estimate of drug-likeness (QED) is 0.819. The van der Waals surface area contributed by atoms with E-state index in [-0.39, 0.29) is 19.0 Å². The predicted molar refractivity (Wildman–Crippen MR) is 61.9 cm³/mol. The summed E-state index contributed by atoms with van der Waals surface area (Å²) in [5.41, 5.74) is 0.786. The van der Waals surface area contributed by atoms with Gasteiger partial charge in [0.1, 0.15) is 5.82 Å². The van der Waals surface area contributed by atoms with Gasteiger partial charge in [0, 0.05) is 18.3 Å². The second-order valence-corrected chi connectivity index (χ2v) is 4.46. The molecule has 0 aliphatic carbocycles. The minimum absolute atomic E-state index is 0.0221. The molecule has 0 radical (unpaired) electrons. The third-order valence-electron chi connectivity index (χ3n) is 2.87. The Labute approximate surface area is 95.1 Å². The third kappa shape index (κ3) is 2.51. The van der Waals surface area contributed by atoms with E-state index in [0.29, 0.717) is 5.56 Å². The van der Waals surface area contributed by atoms with Crippen LogP contribution in [0, 0.1) is 5.82 Å². The Morgan fingerprint density at radius 3 is 2.44 bits per heavy atom. The molecule has 1 rings (SSSR count). The summed E-state index contributed by atoms with van der Waals surface area (Å²) < 4.78 is 13.0. The van der Waals surface area contributed by atoms with Gasteiger partial charge in [0.2, 0.25) is 0 Å². The monoisotopic (exact) mass is 227 g/mol. The minimum Gasteiger partial charge on any atom is -0.394 e. The van der Waals surface area contributed by atoms with Gasteiger partial charge in [0.15, 0.2) is 0 Å². The van der Waals surface area contributed by atoms with Gasteiger partial charge in [-0.15, -0.1) is 0 Å². The maximum absolute atomic E-state index is 13.0. The van der Waals surface area contributed by atoms with Crippen molar-refractivity contribution in [2.24, 2.45) is 0 Å². The van der Waals surface area contributed by atoms with E-state index in [4.69, 9.17) is 0 Å². The Balaban J connectivity index is 3.13. The standard InChI is InChI=1S/C12H18FNO2/c1-12(2,8-16)14(3)11-5-4-10(13)6-9(11)7-15/h4-6,15-16H,7-8H2,1-3H3. The molecule has 0 spiro atoms. The fourth-order valence-corrected chi connectivity index (χ4v) is 1.44. The van der Waals surface area contributed by atoms with Crippen LogP contribution in [-0.2, 0) is 6.61 Å². The van der Waals surface area contributed by atoms with Gasteiger partial charge in [0.05, 0.1) is 18.8 Å². The van der Waals surface area contributed by atoms with Crippen molar-refractivity contribution < 1.29 is 14.6 Å². The van der Waals surface area contributed by atoms with E-state index in [0.717, 1.165) is 5.69 Å². The first-order valence-corrected chi connectivity index (χ1v) is 5.16. The van der Waals surface area contributed by atoms with Gasteiger partial charge in [0.25, 0.3) is 0 Å². The topological polar surface area (TPSA) is 43.7 Å². The molecular formula is C12H18FNO2. The molecule has 0 unspecified atom stereocenters. The second-order valence-electron chi connectivity index (χ2n) is 4.46. The lowest BCUT2D eigenvalue weighted by molar-refractivity contribution is 0.215. The number of rotatable bonds is 4. The number of aliphatic hydroxyl groups excluding tert-OH is 2. The Morgan fingerprint density at radius 1 is 1.31 bits per heavy atom. The lowest BCUT2D eigenvalue weighted by Crippen LogP contribution is -2.44. The highest BCUT2D eigenvalue weighted by atomic mass is 19.1. The fraction of sp³-hybridized carbons (Fsp3) is 0.500. The average molecular weight is 227 g/mol. The Kier molecular flexibility index (Phi) is 3.88. The van der Waals surface area contributed by atoms with E-state index in [2.05, 4.69) is 0 Å². The molecule has 0 aliphatic heterocycles. The van der Waals surface area contributed by atoms with Crippen LogP contribution >= 0.6 is 0 Å². The van der Waals surface area contributed by atoms with Crippen LogP contribution in [0.3, 0.4) is 0 Å². The summed E-state index contributed by atoms with van der Waals surface area (Å²) in [6.45, 7) is 3.50. The number of hydrogen-bond acceptors (Lipinski definition) is 3. The molecular weight excluding hydrogens is 209 g/mol. The molecule has 0 bridgehead atoms. The molecule has 0 saturated heterocycles. The summed E-state index contributed by atoms with van der Waals surface area (Å²) in [5, 5.41) is 18.4. The molecule has 0 amide bonds. The summed E-state index contributed by atoms with van der Waals surface area (Å²) in [7, 11) is 1.81. The van der Waals surface area contributed by atoms with E-state index in [1.807, 2.05) is 25.8 Å². The summed E-state index contributed by atoms with van der Waals surface area (Å²) in [6, 6.07) is 4.26. The van der Waals surface area contributed by atoms with Crippen molar-refractivity contribution in [1.82, 2.24) is 0 Å². The zero-order valence-electron chi connectivity index (χ0n) is 9.87. The van der Waals surface area contributed by atoms with E-state index in [1.165, 1.54) is 12.1 Å². The van der Waals surface area contributed by atoms with Crippen molar-refractivity contribution in [2.75, 3.05) is 18.6 Å². The second kappa shape index (κ2) is 4.80. The number of benzene rings is 1. The minimum atomic E-state index is -0.457. The van der Waals surface area contributed by atoms with E-state index in [9.17, 15) is 14.6 Å². The normalized spacial score (nSPS) is 11.6. The molecule has 1 aromatic rings. The summed E-state index contributed by atoms with van der Waals surface area (Å²) in [4.78, 5) is 1.83. The van der Waals surface area contributed by atoms with Gasteiger partial charge in [-0.25, -0.2) is 4.39 Å². The molecule has 2 N–H and O–H groups in total. The fourth-order valence-electron chi connectivity index (χ4n) is 1.44. The Bertz CT molecular complexity index is 366. The highest BCUT2D eigenvalue weighted by molar-refractivity contribution is 5.54. The van der Waals surface area contributed by atoms with Crippen LogP contribution in [0.15, 0.2) is 18.2 Å². The van der Waals surface area contributed by atoms with E-state index < -0.39 is 5.54 Å². The Hall–Kier alpha value is -1.13. The maximum Gasteiger partial charge on any atom is 0.123 e. The van der Waals surface area contributed by atoms with Gasteiger partial charge in [-0.1, -0.05) is 0 Å². The van der Waals surface area contributed by atoms with E-state index in [1.54, 1.807) is 6.07 Å². The number of likely N-dealkylation sites (N-methyl/N-ethyl adjacent to an activating group) is 1. The van der Waals surface area contributed by atoms with Crippen molar-refractivity contribution in [3.05, 3.63) is 29.6 Å². The molecule has 3 nitrogen and oxygen atoms in total. The maximum atomic E-state index is 13.0. The van der Waals surface area contributed by atoms with Crippen LogP contribution in [-0.4, -0.2) is 29.4 Å². The summed E-state index contributed by atoms with van der Waals surface area (Å²) in [6.07, 6.45) is 0. The highest BCUT2D eigenvalue weighted by Gasteiger charge is 2.24. The van der Waals surface area contributed by atoms with Gasteiger partial charge in [-0.05, 0) is 32.0 Å². The molecule has 0 atom stereocenters. The molecule has 1 aromatic carbocycles. The largest absolute Gasteiger partial charge is 0.394 e. The first-order chi connectivity index (χ1) is 7.42. The van der Waals surface area contributed by atoms with Crippen molar-refractivity contribution >= 4 is 5.69 Å². The van der Waals surface area contributed by atoms with Gasteiger partial charge in [-0.3, -0.25) is 0 Å². The van der Waals surface area contributed by atoms with Crippen molar-refractivity contribution in [2.45, 2.75) is 26.0 Å². The molecule has 0 aromatic heterocycles. The predicted octanol–water partition coefficient (Wildman–Crippen LogP) is 1.53. The number of aliphatic hydroxyl groups is 2. The van der Waals surface area contributed by atoms with Crippen LogP contribution in [0.2, 0.25) is 0 Å². The molecule has 0 heterocycles. The van der Waals surface area contributed by atoms with Crippen LogP contribution in [0.5, 0.6) is 0 Å². The number of nitrogens with zero attached hydrogens (tertiary/aromatic N) is 1. The number of halogens is 1. The molecule has 16 heavy (non-hydrogen) atoms. The SMILES string of the molecule is CN(c1ccc(F)cc1CO)C(C)(C)CO. The van der Waals surface area contributed by atoms with Gasteiger partial charge < -0.3 is 15.1 Å². The van der Waals surface area contributed by atoms with Gasteiger partial charge in [-0.2, -0.15) is 0 Å². The van der Waals surface area contributed by atoms with Crippen LogP contribution < -0.4 is 4.90 Å². The molecule has 0 aliphatic rings. The van der Waals surface area contributed by atoms with Crippen LogP contribution in [0.1, 0.15) is 19.4 Å². The number of anilines is 1. The molecule has 4 heteroatoms. The molecule has 90 valence electrons. The van der Waals surface area contributed by atoms with Crippen LogP contribution in [0.25, 0.3) is 0 Å². The lowest BCUT2D eigenvalue weighted by Gasteiger charge is -2.37. The summed E-state index contributed by atoms with van der Waals surface area (Å²) in [5.74, 6) is -0.372. The first kappa shape index (κ1) is 12.9. The first-order valence-electron chi connectivity index (χ1n) is 5.16. The average Bonchev–Trinajstić information content (AvgIpc) is 2.27. The molecule has 0 saturated carbocycles. The zero-order chi connectivity index (χ0) is 12.3. The molecule has 0 fully saturated rings. The van der Waals surface area contributed by atoms with Gasteiger partial charge >= 0.3 is 0 Å². The highest BCUT2D eigenvalue weighted by Crippen LogP contribution is 2.26.